The molecule has 1 atom stereocenters. The highest BCUT2D eigenvalue weighted by molar-refractivity contribution is 5.77. The smallest absolute Gasteiger partial charge is 0.321 e. The van der Waals surface area contributed by atoms with Crippen molar-refractivity contribution in [3.63, 3.8) is 0 Å². The summed E-state index contributed by atoms with van der Waals surface area (Å²) in [4.78, 5) is 15.6. The molecule has 0 aromatic heterocycles. The van der Waals surface area contributed by atoms with Crippen LogP contribution in [-0.2, 0) is 0 Å². The van der Waals surface area contributed by atoms with E-state index in [4.69, 9.17) is 0 Å². The molecule has 0 saturated heterocycles. The normalized spacial score (nSPS) is 18.6. The van der Waals surface area contributed by atoms with Crippen LogP contribution >= 0.6 is 0 Å². The van der Waals surface area contributed by atoms with Gasteiger partial charge < -0.3 is 15.1 Å². The third kappa shape index (κ3) is 2.95. The Labute approximate surface area is 121 Å². The molecule has 1 N–H and O–H groups in total. The maximum Gasteiger partial charge on any atom is 0.321 e. The molecule has 1 aliphatic rings. The number of benzene rings is 1. The monoisotopic (exact) mass is 273 g/mol. The van der Waals surface area contributed by atoms with E-state index in [9.17, 15) is 4.79 Å². The van der Waals surface area contributed by atoms with E-state index in [-0.39, 0.29) is 12.1 Å². The minimum atomic E-state index is -0.0495. The third-order valence-corrected chi connectivity index (χ3v) is 3.60. The van der Waals surface area contributed by atoms with Crippen molar-refractivity contribution in [2.75, 3.05) is 26.0 Å². The fraction of sp³-hybridized carbons (Fsp3) is 0.438. The molecule has 1 aromatic carbocycles. The molecular weight excluding hydrogens is 250 g/mol. The van der Waals surface area contributed by atoms with Crippen LogP contribution in [0.2, 0.25) is 0 Å². The number of anilines is 1. The van der Waals surface area contributed by atoms with Crippen LogP contribution in [0.25, 0.3) is 0 Å². The number of rotatable bonds is 4. The van der Waals surface area contributed by atoms with Gasteiger partial charge in [0.05, 0.1) is 6.04 Å². The SMILES string of the molecule is CCCC1=CN(C)C(=O)NC1c1ccc(N(C)C)cc1. The molecular formula is C16H23N3O. The van der Waals surface area contributed by atoms with Crippen molar-refractivity contribution < 1.29 is 4.79 Å². The van der Waals surface area contributed by atoms with Crippen LogP contribution in [0.15, 0.2) is 36.0 Å². The zero-order valence-electron chi connectivity index (χ0n) is 12.7. The van der Waals surface area contributed by atoms with Crippen LogP contribution in [0, 0.1) is 0 Å². The quantitative estimate of drug-likeness (QED) is 0.914. The lowest BCUT2D eigenvalue weighted by molar-refractivity contribution is 0.215. The third-order valence-electron chi connectivity index (χ3n) is 3.60. The molecule has 1 aromatic rings. The van der Waals surface area contributed by atoms with Gasteiger partial charge in [0.15, 0.2) is 0 Å². The Morgan fingerprint density at radius 1 is 1.25 bits per heavy atom. The van der Waals surface area contributed by atoms with Gasteiger partial charge in [0.25, 0.3) is 0 Å². The minimum absolute atomic E-state index is 0.00476. The van der Waals surface area contributed by atoms with E-state index >= 15 is 0 Å². The summed E-state index contributed by atoms with van der Waals surface area (Å²) >= 11 is 0. The summed E-state index contributed by atoms with van der Waals surface area (Å²) in [6.07, 6.45) is 4.03. The first-order valence-electron chi connectivity index (χ1n) is 7.04. The molecule has 0 bridgehead atoms. The molecule has 4 heteroatoms. The molecule has 0 spiro atoms. The number of carbonyl (C=O) groups is 1. The van der Waals surface area contributed by atoms with Gasteiger partial charge in [-0.1, -0.05) is 25.5 Å². The molecule has 0 saturated carbocycles. The van der Waals surface area contributed by atoms with Crippen molar-refractivity contribution >= 4 is 11.7 Å². The van der Waals surface area contributed by atoms with Crippen LogP contribution in [0.4, 0.5) is 10.5 Å². The second-order valence-corrected chi connectivity index (χ2v) is 5.43. The molecule has 0 fully saturated rings. The number of urea groups is 1. The molecule has 0 aliphatic carbocycles. The summed E-state index contributed by atoms with van der Waals surface area (Å²) in [5.41, 5.74) is 3.55. The zero-order chi connectivity index (χ0) is 14.7. The number of carbonyl (C=O) groups excluding carboxylic acids is 1. The lowest BCUT2D eigenvalue weighted by Crippen LogP contribution is -2.41. The summed E-state index contributed by atoms with van der Waals surface area (Å²) in [6.45, 7) is 2.16. The Balaban J connectivity index is 2.29. The van der Waals surface area contributed by atoms with Crippen LogP contribution in [0.1, 0.15) is 31.4 Å². The van der Waals surface area contributed by atoms with Crippen LogP contribution in [0.5, 0.6) is 0 Å². The molecule has 2 rings (SSSR count). The maximum absolute atomic E-state index is 11.9. The number of nitrogens with one attached hydrogen (secondary N) is 1. The highest BCUT2D eigenvalue weighted by Crippen LogP contribution is 2.29. The maximum atomic E-state index is 11.9. The lowest BCUT2D eigenvalue weighted by atomic mass is 9.94. The molecule has 20 heavy (non-hydrogen) atoms. The predicted molar refractivity (Wildman–Crippen MR) is 82.8 cm³/mol. The second kappa shape index (κ2) is 5.99. The lowest BCUT2D eigenvalue weighted by Gasteiger charge is -2.31. The first-order chi connectivity index (χ1) is 9.52. The van der Waals surface area contributed by atoms with Gasteiger partial charge in [0, 0.05) is 33.0 Å². The molecule has 2 amide bonds. The number of nitrogens with zero attached hydrogens (tertiary/aromatic N) is 2. The van der Waals surface area contributed by atoms with Gasteiger partial charge in [0.2, 0.25) is 0 Å². The van der Waals surface area contributed by atoms with Gasteiger partial charge in [-0.25, -0.2) is 4.79 Å². The largest absolute Gasteiger partial charge is 0.378 e. The van der Waals surface area contributed by atoms with E-state index in [1.54, 1.807) is 11.9 Å². The first kappa shape index (κ1) is 14.4. The van der Waals surface area contributed by atoms with Crippen LogP contribution in [0.3, 0.4) is 0 Å². The standard InChI is InChI=1S/C16H23N3O/c1-5-6-13-11-19(4)16(20)17-15(13)12-7-9-14(10-8-12)18(2)3/h7-11,15H,5-6H2,1-4H3,(H,17,20). The Morgan fingerprint density at radius 2 is 1.90 bits per heavy atom. The second-order valence-electron chi connectivity index (χ2n) is 5.43. The van der Waals surface area contributed by atoms with E-state index in [0.717, 1.165) is 24.1 Å². The summed E-state index contributed by atoms with van der Waals surface area (Å²) < 4.78 is 0. The van der Waals surface area contributed by atoms with E-state index in [2.05, 4.69) is 41.4 Å². The van der Waals surface area contributed by atoms with Crippen molar-refractivity contribution in [2.24, 2.45) is 0 Å². The number of amides is 2. The van der Waals surface area contributed by atoms with Crippen molar-refractivity contribution in [1.29, 1.82) is 0 Å². The van der Waals surface area contributed by atoms with E-state index < -0.39 is 0 Å². The molecule has 1 unspecified atom stereocenters. The van der Waals surface area contributed by atoms with E-state index in [1.807, 2.05) is 20.3 Å². The summed E-state index contributed by atoms with van der Waals surface area (Å²) in [7, 11) is 5.83. The predicted octanol–water partition coefficient (Wildman–Crippen LogP) is 3.13. The molecule has 1 heterocycles. The van der Waals surface area contributed by atoms with Gasteiger partial charge in [-0.15, -0.1) is 0 Å². The fourth-order valence-corrected chi connectivity index (χ4v) is 2.46. The molecule has 4 nitrogen and oxygen atoms in total. The van der Waals surface area contributed by atoms with Gasteiger partial charge in [0.1, 0.15) is 0 Å². The summed E-state index contributed by atoms with van der Waals surface area (Å²) in [5.74, 6) is 0. The highest BCUT2D eigenvalue weighted by Gasteiger charge is 2.25. The molecule has 108 valence electrons. The van der Waals surface area contributed by atoms with Gasteiger partial charge in [-0.05, 0) is 29.7 Å². The fourth-order valence-electron chi connectivity index (χ4n) is 2.46. The average Bonchev–Trinajstić information content (AvgIpc) is 2.43. The van der Waals surface area contributed by atoms with Crippen LogP contribution < -0.4 is 10.2 Å². The Hall–Kier alpha value is -1.97. The highest BCUT2D eigenvalue weighted by atomic mass is 16.2. The van der Waals surface area contributed by atoms with Crippen LogP contribution in [-0.4, -0.2) is 32.1 Å². The Morgan fingerprint density at radius 3 is 2.45 bits per heavy atom. The molecule has 0 radical (unpaired) electrons. The van der Waals surface area contributed by atoms with E-state index in [1.165, 1.54) is 5.57 Å². The van der Waals surface area contributed by atoms with E-state index in [0.29, 0.717) is 0 Å². The topological polar surface area (TPSA) is 35.6 Å². The zero-order valence-corrected chi connectivity index (χ0v) is 12.7. The van der Waals surface area contributed by atoms with Crippen molar-refractivity contribution in [3.05, 3.63) is 41.6 Å². The van der Waals surface area contributed by atoms with Crippen molar-refractivity contribution in [1.82, 2.24) is 10.2 Å². The molecule has 1 aliphatic heterocycles. The summed E-state index contributed by atoms with van der Waals surface area (Å²) in [5, 5.41) is 3.07. The Bertz CT molecular complexity index is 505. The van der Waals surface area contributed by atoms with Gasteiger partial charge in [-0.2, -0.15) is 0 Å². The summed E-state index contributed by atoms with van der Waals surface area (Å²) in [6, 6.07) is 8.30. The Kier molecular flexibility index (Phi) is 4.32. The van der Waals surface area contributed by atoms with Gasteiger partial charge in [-0.3, -0.25) is 0 Å². The minimum Gasteiger partial charge on any atom is -0.378 e. The van der Waals surface area contributed by atoms with Crippen molar-refractivity contribution in [3.8, 4) is 0 Å². The number of hydrogen-bond donors (Lipinski definition) is 1. The van der Waals surface area contributed by atoms with Crippen molar-refractivity contribution in [2.45, 2.75) is 25.8 Å². The van der Waals surface area contributed by atoms with Gasteiger partial charge >= 0.3 is 6.03 Å². The average molecular weight is 273 g/mol. The number of hydrogen-bond acceptors (Lipinski definition) is 2. The first-order valence-corrected chi connectivity index (χ1v) is 7.04.